The molecule has 0 aliphatic heterocycles. The van der Waals surface area contributed by atoms with Gasteiger partial charge in [-0.15, -0.1) is 12.6 Å². The average Bonchev–Trinajstić information content (AvgIpc) is 2.20. The van der Waals surface area contributed by atoms with Gasteiger partial charge in [0, 0.05) is 23.5 Å². The van der Waals surface area contributed by atoms with Crippen LogP contribution in [0.1, 0.15) is 24.2 Å². The molecule has 2 nitrogen and oxygen atoms in total. The molecule has 0 saturated heterocycles. The molecular weight excluding hydrogens is 194 g/mol. The SMILES string of the molecule is CCN(CC)C(=O)c1ccc(S)cc1. The smallest absolute Gasteiger partial charge is 0.253 e. The molecule has 0 atom stereocenters. The summed E-state index contributed by atoms with van der Waals surface area (Å²) in [6.45, 7) is 5.46. The highest BCUT2D eigenvalue weighted by molar-refractivity contribution is 7.80. The average molecular weight is 209 g/mol. The summed E-state index contributed by atoms with van der Waals surface area (Å²) < 4.78 is 0. The Labute approximate surface area is 90.3 Å². The van der Waals surface area contributed by atoms with Gasteiger partial charge in [0.15, 0.2) is 0 Å². The summed E-state index contributed by atoms with van der Waals surface area (Å²) in [7, 11) is 0. The van der Waals surface area contributed by atoms with Crippen LogP contribution in [0.3, 0.4) is 0 Å². The maximum Gasteiger partial charge on any atom is 0.253 e. The van der Waals surface area contributed by atoms with Crippen molar-refractivity contribution in [3.05, 3.63) is 29.8 Å². The van der Waals surface area contributed by atoms with E-state index in [9.17, 15) is 4.79 Å². The summed E-state index contributed by atoms with van der Waals surface area (Å²) in [4.78, 5) is 14.5. The topological polar surface area (TPSA) is 20.3 Å². The second kappa shape index (κ2) is 5.05. The van der Waals surface area contributed by atoms with E-state index in [1.54, 1.807) is 4.90 Å². The Bertz CT molecular complexity index is 304. The Balaban J connectivity index is 2.83. The third kappa shape index (κ3) is 2.51. The summed E-state index contributed by atoms with van der Waals surface area (Å²) in [6, 6.07) is 7.28. The molecule has 0 radical (unpaired) electrons. The van der Waals surface area contributed by atoms with Crippen molar-refractivity contribution in [3.8, 4) is 0 Å². The van der Waals surface area contributed by atoms with Crippen LogP contribution in [0.15, 0.2) is 29.2 Å². The van der Waals surface area contributed by atoms with Crippen LogP contribution in [0.5, 0.6) is 0 Å². The molecule has 1 aromatic rings. The Kier molecular flexibility index (Phi) is 4.01. The summed E-state index contributed by atoms with van der Waals surface area (Å²) in [5.74, 6) is 0.0864. The standard InChI is InChI=1S/C11H15NOS/c1-3-12(4-2)11(13)9-5-7-10(14)8-6-9/h5-8,14H,3-4H2,1-2H3. The normalized spacial score (nSPS) is 9.93. The minimum absolute atomic E-state index is 0.0864. The molecule has 76 valence electrons. The first-order chi connectivity index (χ1) is 6.69. The Hall–Kier alpha value is -0.960. The first-order valence-electron chi connectivity index (χ1n) is 4.77. The largest absolute Gasteiger partial charge is 0.339 e. The van der Waals surface area contributed by atoms with E-state index in [1.807, 2.05) is 38.1 Å². The van der Waals surface area contributed by atoms with Crippen LogP contribution in [0.2, 0.25) is 0 Å². The van der Waals surface area contributed by atoms with Crippen LogP contribution >= 0.6 is 12.6 Å². The predicted molar refractivity (Wildman–Crippen MR) is 60.9 cm³/mol. The molecule has 14 heavy (non-hydrogen) atoms. The summed E-state index contributed by atoms with van der Waals surface area (Å²) >= 11 is 4.17. The fourth-order valence-electron chi connectivity index (χ4n) is 1.30. The lowest BCUT2D eigenvalue weighted by Gasteiger charge is -2.18. The second-order valence-electron chi connectivity index (χ2n) is 3.02. The van der Waals surface area contributed by atoms with Crippen LogP contribution in [0.25, 0.3) is 0 Å². The van der Waals surface area contributed by atoms with Crippen molar-refractivity contribution in [3.63, 3.8) is 0 Å². The first kappa shape index (κ1) is 11.1. The second-order valence-corrected chi connectivity index (χ2v) is 3.54. The van der Waals surface area contributed by atoms with Crippen LogP contribution in [0.4, 0.5) is 0 Å². The minimum Gasteiger partial charge on any atom is -0.339 e. The van der Waals surface area contributed by atoms with Crippen molar-refractivity contribution >= 4 is 18.5 Å². The van der Waals surface area contributed by atoms with E-state index >= 15 is 0 Å². The van der Waals surface area contributed by atoms with Crippen LogP contribution < -0.4 is 0 Å². The number of carbonyl (C=O) groups is 1. The van der Waals surface area contributed by atoms with Gasteiger partial charge in [-0.25, -0.2) is 0 Å². The van der Waals surface area contributed by atoms with Gasteiger partial charge >= 0.3 is 0 Å². The minimum atomic E-state index is 0.0864. The Morgan fingerprint density at radius 2 is 1.71 bits per heavy atom. The van der Waals surface area contributed by atoms with Gasteiger partial charge in [-0.1, -0.05) is 0 Å². The van der Waals surface area contributed by atoms with Crippen LogP contribution in [-0.4, -0.2) is 23.9 Å². The van der Waals surface area contributed by atoms with E-state index in [1.165, 1.54) is 0 Å². The predicted octanol–water partition coefficient (Wildman–Crippen LogP) is 2.46. The lowest BCUT2D eigenvalue weighted by atomic mass is 10.2. The van der Waals surface area contributed by atoms with Crippen molar-refractivity contribution in [1.82, 2.24) is 4.90 Å². The van der Waals surface area contributed by atoms with Gasteiger partial charge in [0.2, 0.25) is 0 Å². The molecule has 0 bridgehead atoms. The molecule has 0 fully saturated rings. The van der Waals surface area contributed by atoms with Gasteiger partial charge in [-0.2, -0.15) is 0 Å². The zero-order valence-electron chi connectivity index (χ0n) is 8.53. The van der Waals surface area contributed by atoms with Gasteiger partial charge in [0.1, 0.15) is 0 Å². The summed E-state index contributed by atoms with van der Waals surface area (Å²) in [5, 5.41) is 0. The van der Waals surface area contributed by atoms with Crippen LogP contribution in [-0.2, 0) is 0 Å². The van der Waals surface area contributed by atoms with E-state index in [0.29, 0.717) is 0 Å². The van der Waals surface area contributed by atoms with Gasteiger partial charge < -0.3 is 4.90 Å². The molecule has 0 spiro atoms. The number of thiol groups is 1. The van der Waals surface area contributed by atoms with E-state index < -0.39 is 0 Å². The lowest BCUT2D eigenvalue weighted by molar-refractivity contribution is 0.0773. The number of amides is 1. The highest BCUT2D eigenvalue weighted by Gasteiger charge is 2.11. The third-order valence-corrected chi connectivity index (χ3v) is 2.46. The van der Waals surface area contributed by atoms with Crippen molar-refractivity contribution in [1.29, 1.82) is 0 Å². The van der Waals surface area contributed by atoms with Crippen molar-refractivity contribution in [2.24, 2.45) is 0 Å². The number of hydrogen-bond donors (Lipinski definition) is 1. The van der Waals surface area contributed by atoms with Gasteiger partial charge in [0.25, 0.3) is 5.91 Å². The van der Waals surface area contributed by atoms with E-state index in [2.05, 4.69) is 12.6 Å². The molecular formula is C11H15NOS. The maximum absolute atomic E-state index is 11.8. The fraction of sp³-hybridized carbons (Fsp3) is 0.364. The molecule has 0 heterocycles. The van der Waals surface area contributed by atoms with Gasteiger partial charge in [0.05, 0.1) is 0 Å². The highest BCUT2D eigenvalue weighted by Crippen LogP contribution is 2.09. The van der Waals surface area contributed by atoms with Crippen molar-refractivity contribution < 1.29 is 4.79 Å². The van der Waals surface area contributed by atoms with Gasteiger partial charge in [-0.3, -0.25) is 4.79 Å². The highest BCUT2D eigenvalue weighted by atomic mass is 32.1. The van der Waals surface area contributed by atoms with Gasteiger partial charge in [-0.05, 0) is 38.1 Å². The maximum atomic E-state index is 11.8. The molecule has 3 heteroatoms. The van der Waals surface area contributed by atoms with E-state index in [-0.39, 0.29) is 5.91 Å². The first-order valence-corrected chi connectivity index (χ1v) is 5.22. The molecule has 0 aliphatic rings. The monoisotopic (exact) mass is 209 g/mol. The van der Waals surface area contributed by atoms with E-state index in [4.69, 9.17) is 0 Å². The molecule has 1 aromatic carbocycles. The molecule has 0 saturated carbocycles. The fourth-order valence-corrected chi connectivity index (χ4v) is 1.45. The van der Waals surface area contributed by atoms with Crippen molar-refractivity contribution in [2.75, 3.05) is 13.1 Å². The van der Waals surface area contributed by atoms with Crippen molar-refractivity contribution in [2.45, 2.75) is 18.7 Å². The molecule has 0 aliphatic carbocycles. The summed E-state index contributed by atoms with van der Waals surface area (Å²) in [5.41, 5.74) is 0.728. The number of hydrogen-bond acceptors (Lipinski definition) is 2. The number of carbonyl (C=O) groups excluding carboxylic acids is 1. The molecule has 0 N–H and O–H groups in total. The Morgan fingerprint density at radius 1 is 1.21 bits per heavy atom. The van der Waals surface area contributed by atoms with E-state index in [0.717, 1.165) is 23.5 Å². The zero-order chi connectivity index (χ0) is 10.6. The molecule has 1 rings (SSSR count). The molecule has 1 amide bonds. The van der Waals surface area contributed by atoms with Crippen LogP contribution in [0, 0.1) is 0 Å². The Morgan fingerprint density at radius 3 is 2.14 bits per heavy atom. The quantitative estimate of drug-likeness (QED) is 0.758. The number of nitrogens with zero attached hydrogens (tertiary/aromatic N) is 1. The summed E-state index contributed by atoms with van der Waals surface area (Å²) in [6.07, 6.45) is 0. The molecule has 0 aromatic heterocycles. The lowest BCUT2D eigenvalue weighted by Crippen LogP contribution is -2.30. The third-order valence-electron chi connectivity index (χ3n) is 2.16. The zero-order valence-corrected chi connectivity index (χ0v) is 9.42. The molecule has 0 unspecified atom stereocenters. The number of benzene rings is 1. The number of rotatable bonds is 3.